The summed E-state index contributed by atoms with van der Waals surface area (Å²) >= 11 is 1.89. The maximum atomic E-state index is 5.91. The molecule has 0 saturated heterocycles. The van der Waals surface area contributed by atoms with Gasteiger partial charge in [-0.25, -0.2) is 0 Å². The molecule has 1 atom stereocenters. The molecule has 0 spiro atoms. The number of hydrogen-bond donors (Lipinski definition) is 2. The quantitative estimate of drug-likeness (QED) is 0.620. The van der Waals surface area contributed by atoms with Crippen molar-refractivity contribution < 1.29 is 0 Å². The number of thiophene rings is 1. The van der Waals surface area contributed by atoms with Crippen molar-refractivity contribution in [3.8, 4) is 0 Å². The van der Waals surface area contributed by atoms with E-state index in [-0.39, 0.29) is 0 Å². The lowest BCUT2D eigenvalue weighted by Crippen LogP contribution is -2.40. The molecule has 2 rings (SSSR count). The Morgan fingerprint density at radius 1 is 1.33 bits per heavy atom. The van der Waals surface area contributed by atoms with Gasteiger partial charge in [-0.2, -0.15) is 0 Å². The molecule has 18 heavy (non-hydrogen) atoms. The van der Waals surface area contributed by atoms with Crippen LogP contribution in [0.2, 0.25) is 0 Å². The Kier molecular flexibility index (Phi) is 4.46. The van der Waals surface area contributed by atoms with E-state index in [9.17, 15) is 0 Å². The molecule has 3 N–H and O–H groups in total. The largest absolute Gasteiger partial charge is 0.271 e. The molecule has 0 amide bonds. The van der Waals surface area contributed by atoms with Gasteiger partial charge in [-0.05, 0) is 49.7 Å². The molecule has 1 aromatic heterocycles. The minimum atomic E-state index is 0.334. The highest BCUT2D eigenvalue weighted by molar-refractivity contribution is 7.12. The van der Waals surface area contributed by atoms with Gasteiger partial charge in [0.05, 0.1) is 6.04 Å². The van der Waals surface area contributed by atoms with E-state index in [4.69, 9.17) is 5.84 Å². The van der Waals surface area contributed by atoms with Crippen molar-refractivity contribution in [1.29, 1.82) is 0 Å². The first-order chi connectivity index (χ1) is 8.57. The van der Waals surface area contributed by atoms with Crippen molar-refractivity contribution in [3.63, 3.8) is 0 Å². The van der Waals surface area contributed by atoms with Gasteiger partial charge in [-0.3, -0.25) is 11.3 Å². The van der Waals surface area contributed by atoms with Gasteiger partial charge in [0, 0.05) is 9.75 Å². The lowest BCUT2D eigenvalue weighted by molar-refractivity contribution is 0.158. The topological polar surface area (TPSA) is 38.0 Å². The van der Waals surface area contributed by atoms with E-state index in [0.717, 1.165) is 5.92 Å². The molecule has 1 aliphatic carbocycles. The van der Waals surface area contributed by atoms with E-state index in [1.165, 1.54) is 41.9 Å². The van der Waals surface area contributed by atoms with Crippen molar-refractivity contribution in [2.45, 2.75) is 58.9 Å². The fraction of sp³-hybridized carbons (Fsp3) is 0.733. The first-order valence-electron chi connectivity index (χ1n) is 7.10. The molecule has 1 fully saturated rings. The van der Waals surface area contributed by atoms with Gasteiger partial charge >= 0.3 is 0 Å². The predicted octanol–water partition coefficient (Wildman–Crippen LogP) is 4.17. The Bertz CT molecular complexity index is 378. The number of rotatable bonds is 5. The summed E-state index contributed by atoms with van der Waals surface area (Å²) in [5, 5.41) is 0. The monoisotopic (exact) mass is 266 g/mol. The Morgan fingerprint density at radius 3 is 2.44 bits per heavy atom. The van der Waals surface area contributed by atoms with Crippen LogP contribution in [0.1, 0.15) is 61.7 Å². The summed E-state index contributed by atoms with van der Waals surface area (Å²) in [6.07, 6.45) is 6.62. The first-order valence-corrected chi connectivity index (χ1v) is 7.91. The van der Waals surface area contributed by atoms with Gasteiger partial charge in [-0.1, -0.05) is 26.7 Å². The van der Waals surface area contributed by atoms with Crippen LogP contribution < -0.4 is 11.3 Å². The molecule has 0 aromatic carbocycles. The van der Waals surface area contributed by atoms with Crippen LogP contribution in [-0.2, 0) is 0 Å². The zero-order valence-electron chi connectivity index (χ0n) is 11.8. The molecule has 0 bridgehead atoms. The Balaban J connectivity index is 2.27. The number of nitrogens with two attached hydrogens (primary N) is 1. The molecule has 3 heteroatoms. The summed E-state index contributed by atoms with van der Waals surface area (Å²) in [5.41, 5.74) is 3.51. The van der Waals surface area contributed by atoms with E-state index in [1.807, 2.05) is 11.3 Å². The molecule has 1 aromatic rings. The minimum absolute atomic E-state index is 0.334. The lowest BCUT2D eigenvalue weighted by Gasteiger charge is -2.38. The maximum absolute atomic E-state index is 5.91. The Morgan fingerprint density at radius 2 is 2.00 bits per heavy atom. The summed E-state index contributed by atoms with van der Waals surface area (Å²) in [7, 11) is 0. The highest BCUT2D eigenvalue weighted by Crippen LogP contribution is 2.52. The van der Waals surface area contributed by atoms with Crippen LogP contribution in [0.5, 0.6) is 0 Å². The molecule has 102 valence electrons. The van der Waals surface area contributed by atoms with Gasteiger partial charge < -0.3 is 0 Å². The van der Waals surface area contributed by atoms with Crippen LogP contribution in [0.3, 0.4) is 0 Å². The molecular formula is C15H26N2S. The molecule has 2 nitrogen and oxygen atoms in total. The van der Waals surface area contributed by atoms with Crippen LogP contribution in [0, 0.1) is 18.3 Å². The fourth-order valence-electron chi connectivity index (χ4n) is 3.67. The highest BCUT2D eigenvalue weighted by atomic mass is 32.1. The Hall–Kier alpha value is -0.380. The van der Waals surface area contributed by atoms with Gasteiger partial charge in [-0.15, -0.1) is 11.3 Å². The zero-order valence-corrected chi connectivity index (χ0v) is 12.6. The smallest absolute Gasteiger partial charge is 0.0609 e. The van der Waals surface area contributed by atoms with Crippen LogP contribution in [0.25, 0.3) is 0 Å². The van der Waals surface area contributed by atoms with Gasteiger partial charge in [0.15, 0.2) is 0 Å². The van der Waals surface area contributed by atoms with Crippen LogP contribution in [-0.4, -0.2) is 0 Å². The second-order valence-corrected chi connectivity index (χ2v) is 7.54. The maximum Gasteiger partial charge on any atom is 0.0609 e. The number of hydrogen-bond acceptors (Lipinski definition) is 3. The molecule has 1 unspecified atom stereocenters. The second-order valence-electron chi connectivity index (χ2n) is 6.22. The molecule has 0 aliphatic heterocycles. The average Bonchev–Trinajstić information content (AvgIpc) is 2.89. The van der Waals surface area contributed by atoms with E-state index in [1.54, 1.807) is 0 Å². The first kappa shape index (κ1) is 14.0. The van der Waals surface area contributed by atoms with Crippen molar-refractivity contribution >= 4 is 11.3 Å². The molecular weight excluding hydrogens is 240 g/mol. The third-order valence-electron chi connectivity index (χ3n) is 4.24. The van der Waals surface area contributed by atoms with Gasteiger partial charge in [0.1, 0.15) is 0 Å². The molecule has 1 aliphatic rings. The number of aryl methyl sites for hydroxylation is 1. The zero-order chi connectivity index (χ0) is 13.2. The van der Waals surface area contributed by atoms with Crippen LogP contribution in [0.15, 0.2) is 12.1 Å². The number of nitrogens with one attached hydrogen (secondary N) is 1. The van der Waals surface area contributed by atoms with E-state index < -0.39 is 0 Å². The summed E-state index contributed by atoms with van der Waals surface area (Å²) < 4.78 is 0. The molecule has 1 heterocycles. The van der Waals surface area contributed by atoms with Crippen molar-refractivity contribution in [2.24, 2.45) is 17.2 Å². The van der Waals surface area contributed by atoms with Gasteiger partial charge in [0.2, 0.25) is 0 Å². The standard InChI is InChI=1S/C15H26N2S/c1-11(2)10-15(8-4-5-9-15)14(17-16)13-7-6-12(3)18-13/h6-7,11,14,17H,4-5,8-10,16H2,1-3H3. The van der Waals surface area contributed by atoms with E-state index in [2.05, 4.69) is 38.3 Å². The second kappa shape index (κ2) is 5.72. The Labute approximate surface area is 115 Å². The van der Waals surface area contributed by atoms with Crippen LogP contribution in [0.4, 0.5) is 0 Å². The normalized spacial score (nSPS) is 20.5. The third kappa shape index (κ3) is 2.79. The summed E-state index contributed by atoms with van der Waals surface area (Å²) in [6.45, 7) is 6.83. The summed E-state index contributed by atoms with van der Waals surface area (Å²) in [4.78, 5) is 2.79. The van der Waals surface area contributed by atoms with Crippen molar-refractivity contribution in [2.75, 3.05) is 0 Å². The summed E-state index contributed by atoms with van der Waals surface area (Å²) in [6, 6.07) is 4.80. The third-order valence-corrected chi connectivity index (χ3v) is 5.30. The highest BCUT2D eigenvalue weighted by Gasteiger charge is 2.42. The lowest BCUT2D eigenvalue weighted by atomic mass is 9.72. The fourth-order valence-corrected chi connectivity index (χ4v) is 4.75. The SMILES string of the molecule is Cc1ccc(C(NN)C2(CC(C)C)CCCC2)s1. The minimum Gasteiger partial charge on any atom is -0.271 e. The average molecular weight is 266 g/mol. The molecule has 1 saturated carbocycles. The van der Waals surface area contributed by atoms with E-state index >= 15 is 0 Å². The summed E-state index contributed by atoms with van der Waals surface area (Å²) in [5.74, 6) is 6.65. The van der Waals surface area contributed by atoms with E-state index in [0.29, 0.717) is 11.5 Å². The van der Waals surface area contributed by atoms with Crippen molar-refractivity contribution in [3.05, 3.63) is 21.9 Å². The molecule has 0 radical (unpaired) electrons. The van der Waals surface area contributed by atoms with Crippen molar-refractivity contribution in [1.82, 2.24) is 5.43 Å². The van der Waals surface area contributed by atoms with Gasteiger partial charge in [0.25, 0.3) is 0 Å². The predicted molar refractivity (Wildman–Crippen MR) is 79.5 cm³/mol. The number of hydrazine groups is 1. The van der Waals surface area contributed by atoms with Crippen LogP contribution >= 0.6 is 11.3 Å².